The SMILES string of the molecule is CC1CC(C(=N)N(C)C=N)C1.CN1CCC(c2cc3c(C4CC4)cn(-c4ccccc4)c(=O)c3[nH]2)CC1. The molecule has 0 bridgehead atoms. The molecule has 3 N–H and O–H groups in total. The predicted molar refractivity (Wildman–Crippen MR) is 152 cm³/mol. The highest BCUT2D eigenvalue weighted by molar-refractivity contribution is 5.90. The van der Waals surface area contributed by atoms with Crippen LogP contribution in [0.25, 0.3) is 16.6 Å². The second-order valence-electron chi connectivity index (χ2n) is 11.4. The molecule has 2 aliphatic carbocycles. The molecular formula is C30H40N6O. The number of amidine groups is 1. The van der Waals surface area contributed by atoms with E-state index >= 15 is 0 Å². The van der Waals surface area contributed by atoms with Gasteiger partial charge in [-0.1, -0.05) is 25.1 Å². The number of benzene rings is 1. The summed E-state index contributed by atoms with van der Waals surface area (Å²) in [6.07, 6.45) is 10.3. The van der Waals surface area contributed by atoms with Crippen LogP contribution in [0, 0.1) is 22.7 Å². The Kier molecular flexibility index (Phi) is 7.33. The van der Waals surface area contributed by atoms with Crippen molar-refractivity contribution in [3.63, 3.8) is 0 Å². The fourth-order valence-electron chi connectivity index (χ4n) is 5.78. The minimum Gasteiger partial charge on any atom is -0.354 e. The quantitative estimate of drug-likeness (QED) is 0.317. The van der Waals surface area contributed by atoms with Gasteiger partial charge in [0, 0.05) is 41.8 Å². The third-order valence-electron chi connectivity index (χ3n) is 8.39. The van der Waals surface area contributed by atoms with Crippen molar-refractivity contribution < 1.29 is 0 Å². The van der Waals surface area contributed by atoms with Gasteiger partial charge in [-0.25, -0.2) is 0 Å². The number of para-hydroxylation sites is 1. The largest absolute Gasteiger partial charge is 0.354 e. The Bertz CT molecular complexity index is 1310. The zero-order valence-electron chi connectivity index (χ0n) is 22.3. The van der Waals surface area contributed by atoms with E-state index in [0.717, 1.165) is 61.3 Å². The van der Waals surface area contributed by atoms with Crippen LogP contribution in [-0.4, -0.2) is 58.7 Å². The van der Waals surface area contributed by atoms with Crippen molar-refractivity contribution in [2.24, 2.45) is 11.8 Å². The molecule has 2 aromatic heterocycles. The van der Waals surface area contributed by atoms with Crippen molar-refractivity contribution in [3.05, 3.63) is 64.2 Å². The van der Waals surface area contributed by atoms with E-state index in [1.54, 1.807) is 11.9 Å². The number of nitrogens with zero attached hydrogens (tertiary/aromatic N) is 3. The number of aromatic amines is 1. The zero-order valence-corrected chi connectivity index (χ0v) is 22.3. The summed E-state index contributed by atoms with van der Waals surface area (Å²) in [7, 11) is 3.95. The summed E-state index contributed by atoms with van der Waals surface area (Å²) in [5, 5.41) is 15.7. The van der Waals surface area contributed by atoms with Gasteiger partial charge in [-0.05, 0) is 94.3 Å². The van der Waals surface area contributed by atoms with Crippen LogP contribution in [-0.2, 0) is 0 Å². The lowest BCUT2D eigenvalue weighted by atomic mass is 9.75. The van der Waals surface area contributed by atoms with E-state index in [0.29, 0.717) is 23.6 Å². The summed E-state index contributed by atoms with van der Waals surface area (Å²) in [6.45, 7) is 4.46. The topological polar surface area (TPSA) is 92.0 Å². The minimum absolute atomic E-state index is 0.0646. The predicted octanol–water partition coefficient (Wildman–Crippen LogP) is 5.55. The smallest absolute Gasteiger partial charge is 0.279 e. The Morgan fingerprint density at radius 1 is 1.08 bits per heavy atom. The van der Waals surface area contributed by atoms with Gasteiger partial charge < -0.3 is 14.8 Å². The third kappa shape index (κ3) is 5.42. The van der Waals surface area contributed by atoms with Crippen LogP contribution >= 0.6 is 0 Å². The summed E-state index contributed by atoms with van der Waals surface area (Å²) in [5.74, 6) is 2.93. The molecule has 0 radical (unpaired) electrons. The lowest BCUT2D eigenvalue weighted by Crippen LogP contribution is -2.37. The first-order chi connectivity index (χ1) is 17.9. The molecule has 1 aliphatic heterocycles. The average Bonchev–Trinajstić information content (AvgIpc) is 3.65. The second-order valence-corrected chi connectivity index (χ2v) is 11.4. The van der Waals surface area contributed by atoms with E-state index in [2.05, 4.69) is 36.1 Å². The zero-order chi connectivity index (χ0) is 26.1. The van der Waals surface area contributed by atoms with Crippen molar-refractivity contribution in [2.75, 3.05) is 27.2 Å². The highest BCUT2D eigenvalue weighted by Gasteiger charge is 2.30. The normalized spacial score (nSPS) is 22.1. The monoisotopic (exact) mass is 500 g/mol. The number of fused-ring (bicyclic) bond motifs is 1. The number of piperidine rings is 1. The Morgan fingerprint density at radius 3 is 2.35 bits per heavy atom. The molecule has 2 saturated carbocycles. The second kappa shape index (κ2) is 10.7. The molecule has 6 rings (SSSR count). The van der Waals surface area contributed by atoms with Gasteiger partial charge in [0.2, 0.25) is 0 Å². The van der Waals surface area contributed by atoms with Crippen LogP contribution < -0.4 is 5.56 Å². The summed E-state index contributed by atoms with van der Waals surface area (Å²) < 4.78 is 1.82. The average molecular weight is 501 g/mol. The fraction of sp³-hybridized carbons (Fsp3) is 0.500. The van der Waals surface area contributed by atoms with Crippen molar-refractivity contribution in [2.45, 2.75) is 57.3 Å². The Labute approximate surface area is 219 Å². The standard InChI is InChI=1S/C22H25N3O.C8H15N3/c1-24-11-9-16(10-12-24)20-13-18-19(15-7-8-15)14-25(22(26)21(18)23-20)17-5-3-2-4-6-17;1-6-3-7(4-6)8(10)11(2)5-9/h2-6,13-16,23H,7-12H2,1H3;5-7,9-10H,3-4H2,1-2H3. The molecular weight excluding hydrogens is 460 g/mol. The first-order valence-corrected chi connectivity index (χ1v) is 13.7. The van der Waals surface area contributed by atoms with E-state index in [9.17, 15) is 4.79 Å². The highest BCUT2D eigenvalue weighted by atomic mass is 16.1. The van der Waals surface area contributed by atoms with Gasteiger partial charge in [-0.3, -0.25) is 20.2 Å². The lowest BCUT2D eigenvalue weighted by molar-refractivity contribution is 0.254. The Hall–Kier alpha value is -3.19. The van der Waals surface area contributed by atoms with Crippen LogP contribution in [0.4, 0.5) is 0 Å². The number of pyridine rings is 1. The number of hydrogen-bond acceptors (Lipinski definition) is 4. The number of aromatic nitrogens is 2. The molecule has 0 spiro atoms. The van der Waals surface area contributed by atoms with Crippen LogP contribution in [0.1, 0.15) is 68.5 Å². The van der Waals surface area contributed by atoms with Crippen LogP contribution in [0.3, 0.4) is 0 Å². The molecule has 0 atom stereocenters. The maximum Gasteiger partial charge on any atom is 0.279 e. The number of rotatable bonds is 5. The minimum atomic E-state index is 0.0646. The molecule has 37 heavy (non-hydrogen) atoms. The first kappa shape index (κ1) is 25.5. The first-order valence-electron chi connectivity index (χ1n) is 13.7. The number of hydrogen-bond donors (Lipinski definition) is 3. The van der Waals surface area contributed by atoms with E-state index in [1.165, 1.54) is 30.4 Å². The summed E-state index contributed by atoms with van der Waals surface area (Å²) >= 11 is 0. The van der Waals surface area contributed by atoms with Gasteiger partial charge in [0.15, 0.2) is 0 Å². The molecule has 3 heterocycles. The van der Waals surface area contributed by atoms with Gasteiger partial charge in [0.05, 0.1) is 6.34 Å². The van der Waals surface area contributed by atoms with E-state index in [-0.39, 0.29) is 5.56 Å². The van der Waals surface area contributed by atoms with Crippen molar-refractivity contribution in [1.82, 2.24) is 19.4 Å². The van der Waals surface area contributed by atoms with Crippen LogP contribution in [0.5, 0.6) is 0 Å². The molecule has 0 unspecified atom stereocenters. The Balaban J connectivity index is 0.000000215. The number of likely N-dealkylation sites (tertiary alicyclic amines) is 1. The number of H-pyrrole nitrogens is 1. The lowest BCUT2D eigenvalue weighted by Gasteiger charge is -2.35. The van der Waals surface area contributed by atoms with Gasteiger partial charge in [-0.15, -0.1) is 0 Å². The van der Waals surface area contributed by atoms with Crippen molar-refractivity contribution >= 4 is 23.1 Å². The van der Waals surface area contributed by atoms with Crippen molar-refractivity contribution in [3.8, 4) is 5.69 Å². The molecule has 7 nitrogen and oxygen atoms in total. The molecule has 1 aromatic carbocycles. The molecule has 3 aromatic rings. The maximum atomic E-state index is 13.2. The summed E-state index contributed by atoms with van der Waals surface area (Å²) in [6, 6.07) is 12.2. The fourth-order valence-corrected chi connectivity index (χ4v) is 5.78. The van der Waals surface area contributed by atoms with Gasteiger partial charge >= 0.3 is 0 Å². The third-order valence-corrected chi connectivity index (χ3v) is 8.39. The number of nitrogens with one attached hydrogen (secondary N) is 3. The summed E-state index contributed by atoms with van der Waals surface area (Å²) in [5.41, 5.74) is 4.37. The van der Waals surface area contributed by atoms with Gasteiger partial charge in [-0.2, -0.15) is 0 Å². The summed E-state index contributed by atoms with van der Waals surface area (Å²) in [4.78, 5) is 20.7. The molecule has 196 valence electrons. The molecule has 1 saturated heterocycles. The molecule has 3 aliphatic rings. The maximum absolute atomic E-state index is 13.2. The van der Waals surface area contributed by atoms with Gasteiger partial charge in [0.1, 0.15) is 11.4 Å². The Morgan fingerprint density at radius 2 is 1.76 bits per heavy atom. The molecule has 0 amide bonds. The highest BCUT2D eigenvalue weighted by Crippen LogP contribution is 2.43. The van der Waals surface area contributed by atoms with Crippen LogP contribution in [0.2, 0.25) is 0 Å². The molecule has 3 fully saturated rings. The van der Waals surface area contributed by atoms with Crippen molar-refractivity contribution in [1.29, 1.82) is 10.8 Å². The molecule has 7 heteroatoms. The van der Waals surface area contributed by atoms with E-state index in [4.69, 9.17) is 10.8 Å². The van der Waals surface area contributed by atoms with Gasteiger partial charge in [0.25, 0.3) is 5.56 Å². The van der Waals surface area contributed by atoms with E-state index in [1.807, 2.05) is 34.9 Å². The van der Waals surface area contributed by atoms with E-state index < -0.39 is 0 Å². The van der Waals surface area contributed by atoms with Crippen LogP contribution in [0.15, 0.2) is 47.4 Å².